The Morgan fingerprint density at radius 3 is 2.80 bits per heavy atom. The largest absolute Gasteiger partial charge is 0.381 e. The summed E-state index contributed by atoms with van der Waals surface area (Å²) in [6, 6.07) is 6.26. The fraction of sp³-hybridized carbons (Fsp3) is 0.467. The van der Waals surface area contributed by atoms with Crippen molar-refractivity contribution in [1.29, 1.82) is 0 Å². The molecule has 2 atom stereocenters. The Balaban J connectivity index is 2.06. The van der Waals surface area contributed by atoms with Gasteiger partial charge in [0.1, 0.15) is 5.82 Å². The average Bonchev–Trinajstić information content (AvgIpc) is 2.41. The minimum atomic E-state index is -0.665. The van der Waals surface area contributed by atoms with Crippen LogP contribution in [-0.4, -0.2) is 25.0 Å². The van der Waals surface area contributed by atoms with E-state index in [9.17, 15) is 14.0 Å². The molecule has 1 aromatic carbocycles. The Labute approximate surface area is 116 Å². The van der Waals surface area contributed by atoms with Crippen LogP contribution < -0.4 is 5.32 Å². The molecule has 2 saturated heterocycles. The highest BCUT2D eigenvalue weighted by Gasteiger charge is 2.50. The maximum Gasteiger partial charge on any atom is 0.234 e. The van der Waals surface area contributed by atoms with Crippen LogP contribution in [0.15, 0.2) is 24.3 Å². The van der Waals surface area contributed by atoms with Crippen molar-refractivity contribution in [2.45, 2.75) is 25.2 Å². The van der Waals surface area contributed by atoms with Gasteiger partial charge in [-0.1, -0.05) is 18.2 Å². The fourth-order valence-corrected chi connectivity index (χ4v) is 3.37. The predicted molar refractivity (Wildman–Crippen MR) is 69.4 cm³/mol. The van der Waals surface area contributed by atoms with Crippen molar-refractivity contribution in [3.05, 3.63) is 35.6 Å². The smallest absolute Gasteiger partial charge is 0.234 e. The van der Waals surface area contributed by atoms with E-state index < -0.39 is 23.1 Å². The minimum absolute atomic E-state index is 0.206. The third kappa shape index (κ3) is 2.12. The number of carbonyl (C=O) groups is 2. The fourth-order valence-electron chi connectivity index (χ4n) is 3.37. The number of rotatable bonds is 1. The molecule has 2 unspecified atom stereocenters. The lowest BCUT2D eigenvalue weighted by molar-refractivity contribution is -0.146. The van der Waals surface area contributed by atoms with Crippen LogP contribution in [0, 0.1) is 11.2 Å². The first-order valence-electron chi connectivity index (χ1n) is 6.78. The van der Waals surface area contributed by atoms with E-state index in [0.29, 0.717) is 25.2 Å². The van der Waals surface area contributed by atoms with Crippen molar-refractivity contribution in [2.75, 3.05) is 13.2 Å². The van der Waals surface area contributed by atoms with E-state index >= 15 is 0 Å². The molecule has 0 saturated carbocycles. The van der Waals surface area contributed by atoms with Crippen molar-refractivity contribution in [3.8, 4) is 0 Å². The molecule has 2 fully saturated rings. The molecule has 0 aromatic heterocycles. The van der Waals surface area contributed by atoms with Crippen LogP contribution in [0.1, 0.15) is 30.7 Å². The lowest BCUT2D eigenvalue weighted by Crippen LogP contribution is -2.54. The monoisotopic (exact) mass is 277 g/mol. The van der Waals surface area contributed by atoms with Crippen molar-refractivity contribution in [1.82, 2.24) is 5.32 Å². The maximum atomic E-state index is 14.1. The van der Waals surface area contributed by atoms with Gasteiger partial charge in [-0.15, -0.1) is 0 Å². The highest BCUT2D eigenvalue weighted by molar-refractivity contribution is 6.02. The van der Waals surface area contributed by atoms with E-state index in [1.165, 1.54) is 6.07 Å². The molecule has 1 spiro atoms. The number of piperidine rings is 1. The van der Waals surface area contributed by atoms with Crippen LogP contribution >= 0.6 is 0 Å². The van der Waals surface area contributed by atoms with Crippen LogP contribution in [0.3, 0.4) is 0 Å². The Kier molecular flexibility index (Phi) is 3.30. The number of halogens is 1. The number of amides is 2. The molecule has 1 N–H and O–H groups in total. The number of carbonyl (C=O) groups excluding carboxylic acids is 2. The molecule has 2 heterocycles. The molecule has 3 rings (SSSR count). The van der Waals surface area contributed by atoms with Gasteiger partial charge < -0.3 is 4.74 Å². The van der Waals surface area contributed by atoms with E-state index in [4.69, 9.17) is 4.74 Å². The summed E-state index contributed by atoms with van der Waals surface area (Å²) >= 11 is 0. The topological polar surface area (TPSA) is 55.4 Å². The van der Waals surface area contributed by atoms with Gasteiger partial charge in [0.25, 0.3) is 0 Å². The molecule has 5 heteroatoms. The van der Waals surface area contributed by atoms with Gasteiger partial charge in [0.2, 0.25) is 11.8 Å². The molecule has 1 aromatic rings. The van der Waals surface area contributed by atoms with Crippen LogP contribution in [0.4, 0.5) is 4.39 Å². The van der Waals surface area contributed by atoms with Gasteiger partial charge in [0.15, 0.2) is 0 Å². The lowest BCUT2D eigenvalue weighted by atomic mass is 9.64. The number of hydrogen-bond acceptors (Lipinski definition) is 3. The normalized spacial score (nSPS) is 30.4. The molecule has 20 heavy (non-hydrogen) atoms. The molecule has 2 aliphatic rings. The van der Waals surface area contributed by atoms with Gasteiger partial charge in [-0.05, 0) is 18.9 Å². The molecule has 2 aliphatic heterocycles. The lowest BCUT2D eigenvalue weighted by Gasteiger charge is -2.44. The average molecular weight is 277 g/mol. The molecule has 0 bridgehead atoms. The number of nitrogens with one attached hydrogen (secondary N) is 1. The van der Waals surface area contributed by atoms with Crippen LogP contribution in [0.5, 0.6) is 0 Å². The van der Waals surface area contributed by atoms with Gasteiger partial charge in [0, 0.05) is 24.0 Å². The van der Waals surface area contributed by atoms with E-state index in [-0.39, 0.29) is 12.3 Å². The second kappa shape index (κ2) is 4.98. The maximum absolute atomic E-state index is 14.1. The first kappa shape index (κ1) is 13.2. The Morgan fingerprint density at radius 2 is 2.10 bits per heavy atom. The third-order valence-corrected chi connectivity index (χ3v) is 4.22. The molecule has 4 nitrogen and oxygen atoms in total. The van der Waals surface area contributed by atoms with Crippen molar-refractivity contribution < 1.29 is 18.7 Å². The SMILES string of the molecule is O=C1CC2(CCCOC2)C(c2ccccc2F)C(=O)N1. The van der Waals surface area contributed by atoms with E-state index in [1.54, 1.807) is 18.2 Å². The van der Waals surface area contributed by atoms with Gasteiger partial charge >= 0.3 is 0 Å². The first-order valence-corrected chi connectivity index (χ1v) is 6.78. The number of ether oxygens (including phenoxy) is 1. The van der Waals surface area contributed by atoms with E-state index in [1.807, 2.05) is 0 Å². The minimum Gasteiger partial charge on any atom is -0.381 e. The second-order valence-corrected chi connectivity index (χ2v) is 5.56. The summed E-state index contributed by atoms with van der Waals surface area (Å²) in [6.45, 7) is 0.951. The predicted octanol–water partition coefficient (Wildman–Crippen LogP) is 1.75. The van der Waals surface area contributed by atoms with E-state index in [2.05, 4.69) is 5.32 Å². The summed E-state index contributed by atoms with van der Waals surface area (Å²) in [5.74, 6) is -1.79. The Morgan fingerprint density at radius 1 is 1.30 bits per heavy atom. The standard InChI is InChI=1S/C15H16FNO3/c16-11-5-2-1-4-10(11)13-14(19)17-12(18)8-15(13)6-3-7-20-9-15/h1-2,4-5,13H,3,6-9H2,(H,17,18,19). The number of hydrogen-bond donors (Lipinski definition) is 1. The van der Waals surface area contributed by atoms with Gasteiger partial charge in [-0.3, -0.25) is 14.9 Å². The van der Waals surface area contributed by atoms with Gasteiger partial charge in [-0.25, -0.2) is 4.39 Å². The Hall–Kier alpha value is -1.75. The van der Waals surface area contributed by atoms with Crippen LogP contribution in [0.25, 0.3) is 0 Å². The van der Waals surface area contributed by atoms with E-state index in [0.717, 1.165) is 6.42 Å². The summed E-state index contributed by atoms with van der Waals surface area (Å²) in [7, 11) is 0. The van der Waals surface area contributed by atoms with Crippen molar-refractivity contribution >= 4 is 11.8 Å². The summed E-state index contributed by atoms with van der Waals surface area (Å²) in [4.78, 5) is 24.0. The Bertz CT molecular complexity index is 552. The first-order chi connectivity index (χ1) is 9.62. The molecule has 106 valence electrons. The van der Waals surface area contributed by atoms with Crippen LogP contribution in [0.2, 0.25) is 0 Å². The van der Waals surface area contributed by atoms with Gasteiger partial charge in [-0.2, -0.15) is 0 Å². The summed E-state index contributed by atoms with van der Waals surface area (Å²) < 4.78 is 19.6. The number of benzene rings is 1. The molecule has 0 radical (unpaired) electrons. The summed E-state index contributed by atoms with van der Waals surface area (Å²) in [5.41, 5.74) is -0.261. The highest BCUT2D eigenvalue weighted by Crippen LogP contribution is 2.47. The summed E-state index contributed by atoms with van der Waals surface area (Å²) in [6.07, 6.45) is 1.69. The summed E-state index contributed by atoms with van der Waals surface area (Å²) in [5, 5.41) is 2.33. The van der Waals surface area contributed by atoms with Crippen molar-refractivity contribution in [2.24, 2.45) is 5.41 Å². The molecule has 0 aliphatic carbocycles. The van der Waals surface area contributed by atoms with Crippen molar-refractivity contribution in [3.63, 3.8) is 0 Å². The highest BCUT2D eigenvalue weighted by atomic mass is 19.1. The zero-order chi connectivity index (χ0) is 14.2. The zero-order valence-corrected chi connectivity index (χ0v) is 11.0. The van der Waals surface area contributed by atoms with Gasteiger partial charge in [0.05, 0.1) is 12.5 Å². The second-order valence-electron chi connectivity index (χ2n) is 5.56. The number of imide groups is 1. The molecular formula is C15H16FNO3. The zero-order valence-electron chi connectivity index (χ0n) is 11.0. The third-order valence-electron chi connectivity index (χ3n) is 4.22. The van der Waals surface area contributed by atoms with Crippen LogP contribution in [-0.2, 0) is 14.3 Å². The molecule has 2 amide bonds. The molecular weight excluding hydrogens is 261 g/mol. The quantitative estimate of drug-likeness (QED) is 0.796.